The van der Waals surface area contributed by atoms with Crippen LogP contribution in [0.5, 0.6) is 5.75 Å². The lowest BCUT2D eigenvalue weighted by atomic mass is 10.3. The molecule has 98 valence electrons. The number of thiocarbonyl (C=S) groups is 1. The van der Waals surface area contributed by atoms with E-state index in [1.165, 1.54) is 0 Å². The monoisotopic (exact) mass is 284 g/mol. The van der Waals surface area contributed by atoms with Crippen LogP contribution in [-0.4, -0.2) is 29.6 Å². The van der Waals surface area contributed by atoms with Crippen LogP contribution in [0.3, 0.4) is 0 Å². The third-order valence-corrected chi connectivity index (χ3v) is 6.18. The van der Waals surface area contributed by atoms with E-state index in [2.05, 4.69) is 5.32 Å². The summed E-state index contributed by atoms with van der Waals surface area (Å²) in [5.74, 6) is 0.703. The van der Waals surface area contributed by atoms with E-state index in [-0.39, 0.29) is 6.04 Å². The average Bonchev–Trinajstić information content (AvgIpc) is 2.27. The van der Waals surface area contributed by atoms with Crippen LogP contribution in [0.4, 0.5) is 5.69 Å². The van der Waals surface area contributed by atoms with Crippen molar-refractivity contribution in [2.45, 2.75) is 19.9 Å². The number of rotatable bonds is 2. The van der Waals surface area contributed by atoms with Crippen molar-refractivity contribution in [2.24, 2.45) is 0 Å². The van der Waals surface area contributed by atoms with Crippen LogP contribution in [0, 0.1) is 0 Å². The Morgan fingerprint density at radius 1 is 1.44 bits per heavy atom. The molecule has 0 aromatic heterocycles. The van der Waals surface area contributed by atoms with E-state index in [1.807, 2.05) is 32.0 Å². The van der Waals surface area contributed by atoms with Gasteiger partial charge < -0.3 is 10.1 Å². The van der Waals surface area contributed by atoms with Gasteiger partial charge in [0, 0.05) is 12.7 Å². The molecule has 0 spiro atoms. The fourth-order valence-corrected chi connectivity index (χ4v) is 5.47. The molecule has 0 radical (unpaired) electrons. The Balaban J connectivity index is 2.60. The van der Waals surface area contributed by atoms with Crippen LogP contribution in [0.1, 0.15) is 13.8 Å². The van der Waals surface area contributed by atoms with Crippen molar-refractivity contribution in [3.63, 3.8) is 0 Å². The maximum absolute atomic E-state index is 13.1. The van der Waals surface area contributed by atoms with Crippen molar-refractivity contribution >= 4 is 35.6 Å². The quantitative estimate of drug-likeness (QED) is 0.668. The Hall–Kier alpha value is -1.06. The van der Waals surface area contributed by atoms with Crippen molar-refractivity contribution in [3.8, 4) is 5.75 Å². The van der Waals surface area contributed by atoms with Crippen LogP contribution >= 0.6 is 19.5 Å². The third-order valence-electron chi connectivity index (χ3n) is 3.00. The van der Waals surface area contributed by atoms with Crippen molar-refractivity contribution in [3.05, 3.63) is 18.2 Å². The van der Waals surface area contributed by atoms with Gasteiger partial charge in [-0.25, -0.2) is 0 Å². The van der Waals surface area contributed by atoms with E-state index in [1.54, 1.807) is 18.4 Å². The second-order valence-electron chi connectivity index (χ2n) is 4.63. The highest BCUT2D eigenvalue weighted by molar-refractivity contribution is 7.82. The predicted octanol–water partition coefficient (Wildman–Crippen LogP) is 2.65. The van der Waals surface area contributed by atoms with E-state index in [9.17, 15) is 4.57 Å². The molecule has 1 aromatic rings. The number of hydrogen-bond donors (Lipinski definition) is 1. The van der Waals surface area contributed by atoms with Gasteiger partial charge in [-0.15, -0.1) is 0 Å². The highest BCUT2D eigenvalue weighted by Gasteiger charge is 2.37. The first-order valence-corrected chi connectivity index (χ1v) is 8.26. The molecule has 1 atom stereocenters. The van der Waals surface area contributed by atoms with Crippen LogP contribution in [0.15, 0.2) is 18.2 Å². The number of methoxy groups -OCH3 is 1. The molecular weight excluding hydrogens is 267 g/mol. The van der Waals surface area contributed by atoms with E-state index < -0.39 is 7.29 Å². The Morgan fingerprint density at radius 3 is 2.67 bits per heavy atom. The normalized spacial score (nSPS) is 22.7. The highest BCUT2D eigenvalue weighted by Crippen LogP contribution is 2.51. The van der Waals surface area contributed by atoms with Gasteiger partial charge in [-0.2, -0.15) is 0 Å². The minimum absolute atomic E-state index is 0.0835. The summed E-state index contributed by atoms with van der Waals surface area (Å²) in [4.78, 5) is 0. The molecule has 4 nitrogen and oxygen atoms in total. The Bertz CT molecular complexity index is 545. The molecule has 0 aliphatic carbocycles. The molecule has 0 bridgehead atoms. The smallest absolute Gasteiger partial charge is 0.202 e. The highest BCUT2D eigenvalue weighted by atomic mass is 32.1. The summed E-state index contributed by atoms with van der Waals surface area (Å²) in [5.41, 5.74) is 0.809. The van der Waals surface area contributed by atoms with Crippen LogP contribution in [0.25, 0.3) is 0 Å². The Kier molecular flexibility index (Phi) is 3.39. The molecule has 1 unspecified atom stereocenters. The molecule has 0 saturated carbocycles. The van der Waals surface area contributed by atoms with Gasteiger partial charge in [0.2, 0.25) is 7.29 Å². The largest absolute Gasteiger partial charge is 0.497 e. The summed E-state index contributed by atoms with van der Waals surface area (Å²) in [6.45, 7) is 5.71. The maximum atomic E-state index is 13.1. The van der Waals surface area contributed by atoms with E-state index >= 15 is 0 Å². The summed E-state index contributed by atoms with van der Waals surface area (Å²) >= 11 is 5.30. The summed E-state index contributed by atoms with van der Waals surface area (Å²) in [5, 5.41) is 4.42. The van der Waals surface area contributed by atoms with Gasteiger partial charge in [0.05, 0.1) is 18.1 Å². The third kappa shape index (κ3) is 2.02. The molecular formula is C12H17N2O2PS. The number of fused-ring (bicyclic) bond motifs is 1. The van der Waals surface area contributed by atoms with Crippen molar-refractivity contribution in [2.75, 3.05) is 19.1 Å². The van der Waals surface area contributed by atoms with Crippen LogP contribution < -0.4 is 15.4 Å². The Labute approximate surface area is 113 Å². The molecule has 6 heteroatoms. The molecule has 1 aliphatic heterocycles. The summed E-state index contributed by atoms with van der Waals surface area (Å²) < 4.78 is 20.0. The van der Waals surface area contributed by atoms with Crippen molar-refractivity contribution < 1.29 is 9.30 Å². The van der Waals surface area contributed by atoms with Crippen LogP contribution in [0.2, 0.25) is 0 Å². The van der Waals surface area contributed by atoms with E-state index in [4.69, 9.17) is 17.0 Å². The fourth-order valence-electron chi connectivity index (χ4n) is 2.22. The van der Waals surface area contributed by atoms with E-state index in [0.29, 0.717) is 10.9 Å². The molecule has 1 aliphatic rings. The second kappa shape index (κ2) is 4.56. The van der Waals surface area contributed by atoms with Gasteiger partial charge in [-0.1, -0.05) is 0 Å². The lowest BCUT2D eigenvalue weighted by Gasteiger charge is -2.40. The molecule has 0 amide bonds. The van der Waals surface area contributed by atoms with Gasteiger partial charge >= 0.3 is 0 Å². The standard InChI is InChI=1S/C12H17N2O2PS/c1-8(2)14-12(18)13-10-6-5-9(16-3)7-11(10)17(14,4)15/h5-8H,1-4H3,(H,13,18). The Morgan fingerprint density at radius 2 is 2.11 bits per heavy atom. The zero-order valence-electron chi connectivity index (χ0n) is 10.9. The molecule has 1 N–H and O–H groups in total. The lowest BCUT2D eigenvalue weighted by molar-refractivity contribution is 0.415. The van der Waals surface area contributed by atoms with Gasteiger partial charge in [0.25, 0.3) is 0 Å². The lowest BCUT2D eigenvalue weighted by Crippen LogP contribution is -2.44. The van der Waals surface area contributed by atoms with Crippen molar-refractivity contribution in [1.82, 2.24) is 4.67 Å². The zero-order chi connectivity index (χ0) is 13.5. The van der Waals surface area contributed by atoms with Gasteiger partial charge in [-0.05, 0) is 44.3 Å². The number of ether oxygens (including phenoxy) is 1. The summed E-state index contributed by atoms with van der Waals surface area (Å²) in [6.07, 6.45) is 0. The number of anilines is 1. The first kappa shape index (κ1) is 13.4. The maximum Gasteiger partial charge on any atom is 0.202 e. The number of hydrogen-bond acceptors (Lipinski definition) is 3. The minimum atomic E-state index is -2.69. The van der Waals surface area contributed by atoms with E-state index in [0.717, 1.165) is 11.0 Å². The number of nitrogens with zero attached hydrogens (tertiary/aromatic N) is 1. The molecule has 2 rings (SSSR count). The first-order valence-electron chi connectivity index (χ1n) is 5.74. The topological polar surface area (TPSA) is 41.6 Å². The second-order valence-corrected chi connectivity index (χ2v) is 7.69. The average molecular weight is 284 g/mol. The molecule has 0 fully saturated rings. The SMILES string of the molecule is COc1ccc2c(c1)P(C)(=O)N(C(C)C)C(=S)N2. The summed E-state index contributed by atoms with van der Waals surface area (Å²) in [6, 6.07) is 5.59. The first-order chi connectivity index (χ1) is 8.37. The predicted molar refractivity (Wildman–Crippen MR) is 79.4 cm³/mol. The minimum Gasteiger partial charge on any atom is -0.497 e. The fraction of sp³-hybridized carbons (Fsp3) is 0.417. The molecule has 18 heavy (non-hydrogen) atoms. The van der Waals surface area contributed by atoms with Crippen LogP contribution in [-0.2, 0) is 4.57 Å². The number of benzene rings is 1. The van der Waals surface area contributed by atoms with Crippen molar-refractivity contribution in [1.29, 1.82) is 0 Å². The number of nitrogens with one attached hydrogen (secondary N) is 1. The molecule has 1 aromatic carbocycles. The van der Waals surface area contributed by atoms with Gasteiger partial charge in [-0.3, -0.25) is 9.24 Å². The molecule has 0 saturated heterocycles. The molecule has 1 heterocycles. The van der Waals surface area contributed by atoms with Gasteiger partial charge in [0.15, 0.2) is 5.11 Å². The van der Waals surface area contributed by atoms with Gasteiger partial charge in [0.1, 0.15) is 5.75 Å². The summed E-state index contributed by atoms with van der Waals surface area (Å²) in [7, 11) is -1.09. The zero-order valence-corrected chi connectivity index (χ0v) is 12.6.